The fourth-order valence-corrected chi connectivity index (χ4v) is 4.66. The lowest BCUT2D eigenvalue weighted by molar-refractivity contribution is 0.193. The Morgan fingerprint density at radius 1 is 0.943 bits per heavy atom. The van der Waals surface area contributed by atoms with E-state index < -0.39 is 0 Å². The van der Waals surface area contributed by atoms with E-state index in [-0.39, 0.29) is 0 Å². The first-order valence-electron chi connectivity index (χ1n) is 11.6. The van der Waals surface area contributed by atoms with Crippen LogP contribution in [-0.4, -0.2) is 62.0 Å². The maximum absolute atomic E-state index is 5.94. The molecule has 180 valence electrons. The Morgan fingerprint density at radius 2 is 1.63 bits per heavy atom. The fourth-order valence-electron chi connectivity index (χ4n) is 4.11. The van der Waals surface area contributed by atoms with Gasteiger partial charge in [0.2, 0.25) is 10.7 Å². The summed E-state index contributed by atoms with van der Waals surface area (Å²) < 4.78 is 11.2. The maximum atomic E-state index is 5.94. The summed E-state index contributed by atoms with van der Waals surface area (Å²) in [6, 6.07) is 18.0. The first-order valence-corrected chi connectivity index (χ1v) is 12.8. The van der Waals surface area contributed by atoms with Crippen molar-refractivity contribution in [3.63, 3.8) is 0 Å². The van der Waals surface area contributed by atoms with Crippen molar-refractivity contribution in [3.8, 4) is 22.8 Å². The number of rotatable bonds is 7. The average Bonchev–Trinajstić information content (AvgIpc) is 3.22. The predicted molar refractivity (Wildman–Crippen MR) is 143 cm³/mol. The molecule has 4 aromatic rings. The lowest BCUT2D eigenvalue weighted by Crippen LogP contribution is -2.47. The molecule has 2 aromatic heterocycles. The van der Waals surface area contributed by atoms with Gasteiger partial charge in [0, 0.05) is 48.6 Å². The standard InChI is InChI=1S/C25H26BrN7OS/c1-2-34-22-10-8-21(9-11-22)33-23(19-4-6-20(26)7-5-19)29-32(25(33)35)18-30-14-16-31(17-15-30)24-27-12-3-13-28-24/h3-13H,2,14-18H2,1H3. The smallest absolute Gasteiger partial charge is 0.225 e. The Labute approximate surface area is 217 Å². The van der Waals surface area contributed by atoms with Gasteiger partial charge >= 0.3 is 0 Å². The Balaban J connectivity index is 1.42. The maximum Gasteiger partial charge on any atom is 0.225 e. The van der Waals surface area contributed by atoms with E-state index in [9.17, 15) is 0 Å². The number of nitrogens with zero attached hydrogens (tertiary/aromatic N) is 7. The molecule has 0 bridgehead atoms. The van der Waals surface area contributed by atoms with Crippen molar-refractivity contribution in [2.24, 2.45) is 0 Å². The third-order valence-electron chi connectivity index (χ3n) is 5.89. The number of hydrogen-bond donors (Lipinski definition) is 0. The molecule has 10 heteroatoms. The summed E-state index contributed by atoms with van der Waals surface area (Å²) in [4.78, 5) is 13.3. The zero-order valence-electron chi connectivity index (χ0n) is 19.4. The van der Waals surface area contributed by atoms with Crippen LogP contribution in [0.25, 0.3) is 17.1 Å². The zero-order valence-corrected chi connectivity index (χ0v) is 21.8. The van der Waals surface area contributed by atoms with Gasteiger partial charge < -0.3 is 9.64 Å². The second kappa shape index (κ2) is 10.7. The minimum atomic E-state index is 0.621. The Hall–Kier alpha value is -3.08. The molecule has 2 aromatic carbocycles. The first-order chi connectivity index (χ1) is 17.1. The number of anilines is 1. The summed E-state index contributed by atoms with van der Waals surface area (Å²) in [7, 11) is 0. The van der Waals surface area contributed by atoms with Crippen LogP contribution >= 0.6 is 28.1 Å². The van der Waals surface area contributed by atoms with Crippen molar-refractivity contribution >= 4 is 34.1 Å². The molecule has 0 saturated carbocycles. The molecule has 35 heavy (non-hydrogen) atoms. The Morgan fingerprint density at radius 3 is 2.29 bits per heavy atom. The van der Waals surface area contributed by atoms with Crippen LogP contribution in [0.15, 0.2) is 71.5 Å². The number of piperazine rings is 1. The summed E-state index contributed by atoms with van der Waals surface area (Å²) in [5, 5.41) is 4.97. The van der Waals surface area contributed by atoms with Crippen molar-refractivity contribution in [2.75, 3.05) is 37.7 Å². The molecule has 3 heterocycles. The van der Waals surface area contributed by atoms with E-state index >= 15 is 0 Å². The van der Waals surface area contributed by atoms with E-state index in [2.05, 4.69) is 47.8 Å². The number of hydrogen-bond acceptors (Lipinski definition) is 7. The second-order valence-electron chi connectivity index (χ2n) is 8.17. The monoisotopic (exact) mass is 551 g/mol. The first kappa shape index (κ1) is 23.7. The van der Waals surface area contributed by atoms with Gasteiger partial charge in [0.25, 0.3) is 0 Å². The summed E-state index contributed by atoms with van der Waals surface area (Å²) in [5.41, 5.74) is 1.95. The van der Waals surface area contributed by atoms with Crippen LogP contribution in [0.2, 0.25) is 0 Å². The molecule has 1 aliphatic rings. The van der Waals surface area contributed by atoms with Gasteiger partial charge in [-0.3, -0.25) is 9.47 Å². The molecule has 5 rings (SSSR count). The lowest BCUT2D eigenvalue weighted by atomic mass is 10.2. The minimum Gasteiger partial charge on any atom is -0.494 e. The summed E-state index contributed by atoms with van der Waals surface area (Å²) in [6.45, 7) is 6.70. The van der Waals surface area contributed by atoms with Gasteiger partial charge in [-0.15, -0.1) is 5.10 Å². The Kier molecular flexibility index (Phi) is 7.21. The quantitative estimate of drug-likeness (QED) is 0.305. The average molecular weight is 553 g/mol. The van der Waals surface area contributed by atoms with Gasteiger partial charge in [-0.05, 0) is 61.6 Å². The summed E-state index contributed by atoms with van der Waals surface area (Å²) in [5.74, 6) is 2.42. The number of aromatic nitrogens is 5. The van der Waals surface area contributed by atoms with Gasteiger partial charge in [0.1, 0.15) is 5.75 Å². The van der Waals surface area contributed by atoms with Crippen molar-refractivity contribution in [3.05, 3.63) is 76.2 Å². The van der Waals surface area contributed by atoms with Crippen LogP contribution in [0.3, 0.4) is 0 Å². The topological polar surface area (TPSA) is 64.2 Å². The van der Waals surface area contributed by atoms with Crippen molar-refractivity contribution < 1.29 is 4.74 Å². The third kappa shape index (κ3) is 5.29. The van der Waals surface area contributed by atoms with Gasteiger partial charge in [0.15, 0.2) is 5.82 Å². The molecule has 8 nitrogen and oxygen atoms in total. The molecule has 0 unspecified atom stereocenters. The molecule has 0 atom stereocenters. The van der Waals surface area contributed by atoms with E-state index in [0.29, 0.717) is 18.0 Å². The predicted octanol–water partition coefficient (Wildman–Crippen LogP) is 4.80. The minimum absolute atomic E-state index is 0.621. The van der Waals surface area contributed by atoms with Crippen LogP contribution in [0.5, 0.6) is 5.75 Å². The van der Waals surface area contributed by atoms with Crippen molar-refractivity contribution in [1.82, 2.24) is 29.2 Å². The SMILES string of the molecule is CCOc1ccc(-n2c(-c3ccc(Br)cc3)nn(CN3CCN(c4ncccn4)CC3)c2=S)cc1. The van der Waals surface area contributed by atoms with Crippen molar-refractivity contribution in [1.29, 1.82) is 0 Å². The number of ether oxygens (including phenoxy) is 1. The van der Waals surface area contributed by atoms with Crippen LogP contribution in [-0.2, 0) is 6.67 Å². The highest BCUT2D eigenvalue weighted by molar-refractivity contribution is 9.10. The molecule has 0 N–H and O–H groups in total. The van der Waals surface area contributed by atoms with E-state index in [1.54, 1.807) is 12.4 Å². The van der Waals surface area contributed by atoms with Gasteiger partial charge in [-0.2, -0.15) is 0 Å². The third-order valence-corrected chi connectivity index (χ3v) is 6.81. The molecule has 1 aliphatic heterocycles. The highest BCUT2D eigenvalue weighted by Gasteiger charge is 2.21. The van der Waals surface area contributed by atoms with Gasteiger partial charge in [-0.1, -0.05) is 28.1 Å². The highest BCUT2D eigenvalue weighted by atomic mass is 79.9. The molecule has 0 radical (unpaired) electrons. The molecule has 1 fully saturated rings. The summed E-state index contributed by atoms with van der Waals surface area (Å²) in [6.07, 6.45) is 3.57. The molecule has 0 amide bonds. The van der Waals surface area contributed by atoms with Crippen LogP contribution in [0, 0.1) is 4.77 Å². The Bertz CT molecular complexity index is 1310. The number of benzene rings is 2. The molecular formula is C25H26BrN7OS. The number of halogens is 1. The normalized spacial score (nSPS) is 14.3. The van der Waals surface area contributed by atoms with Crippen LogP contribution in [0.1, 0.15) is 6.92 Å². The molecule has 0 aliphatic carbocycles. The summed E-state index contributed by atoms with van der Waals surface area (Å²) >= 11 is 9.46. The van der Waals surface area contributed by atoms with Crippen LogP contribution < -0.4 is 9.64 Å². The fraction of sp³-hybridized carbons (Fsp3) is 0.280. The molecular weight excluding hydrogens is 526 g/mol. The highest BCUT2D eigenvalue weighted by Crippen LogP contribution is 2.26. The zero-order chi connectivity index (χ0) is 24.2. The molecule has 1 saturated heterocycles. The van der Waals surface area contributed by atoms with E-state index in [1.807, 2.05) is 58.6 Å². The second-order valence-corrected chi connectivity index (χ2v) is 9.45. The lowest BCUT2D eigenvalue weighted by Gasteiger charge is -2.34. The van der Waals surface area contributed by atoms with Crippen LogP contribution in [0.4, 0.5) is 5.95 Å². The van der Waals surface area contributed by atoms with Gasteiger partial charge in [0.05, 0.1) is 19.0 Å². The molecule has 0 spiro atoms. The van der Waals surface area contributed by atoms with Gasteiger partial charge in [-0.25, -0.2) is 14.6 Å². The van der Waals surface area contributed by atoms with E-state index in [1.165, 1.54) is 0 Å². The van der Waals surface area contributed by atoms with Crippen molar-refractivity contribution in [2.45, 2.75) is 13.6 Å². The van der Waals surface area contributed by atoms with E-state index in [0.717, 1.165) is 59.4 Å². The largest absolute Gasteiger partial charge is 0.494 e. The van der Waals surface area contributed by atoms with E-state index in [4.69, 9.17) is 22.1 Å².